The standard InChI is InChI=1S/C68H74/c1-31-7-5-8-32(2)51(31)61-53-43-15-35-11-36(16-43)20-45(19-35)55(53)63-58-48-25-41-14-42(26-48)30-50(29-41)60(58)66-62(52-33(3)9-6-10-34(52)4)54-44-17-37-12-38(18-44)22-46(21-37)56(54)64-57-47-23-39-13-40(24-47)28-49(27-39)59(57)65(61)67(63)68(64)66/h5-10,35-50H,11-30H2,1-4H3. The van der Waals surface area contributed by atoms with Gasteiger partial charge in [-0.2, -0.15) is 0 Å². The smallest absolute Gasteiger partial charge is 0.00110 e. The van der Waals surface area contributed by atoms with Crippen LogP contribution >= 0.6 is 0 Å². The van der Waals surface area contributed by atoms with Crippen LogP contribution in [-0.2, 0) is 0 Å². The molecule has 0 aliphatic heterocycles. The molecule has 8 atom stereocenters. The molecule has 0 saturated heterocycles. The van der Waals surface area contributed by atoms with Crippen molar-refractivity contribution in [1.29, 1.82) is 0 Å². The van der Waals surface area contributed by atoms with Crippen molar-refractivity contribution in [3.63, 3.8) is 0 Å². The first kappa shape index (κ1) is 39.0. The van der Waals surface area contributed by atoms with Gasteiger partial charge in [-0.25, -0.2) is 0 Å². The number of rotatable bonds is 2. The molecule has 6 aromatic carbocycles. The first-order chi connectivity index (χ1) is 33.3. The number of benzene rings is 6. The molecule has 0 aromatic heterocycles. The zero-order valence-electron chi connectivity index (χ0n) is 41.8. The van der Waals surface area contributed by atoms with Crippen molar-refractivity contribution in [3.8, 4) is 22.3 Å². The molecule has 0 heterocycles. The third-order valence-corrected chi connectivity index (χ3v) is 24.3. The van der Waals surface area contributed by atoms with Crippen LogP contribution in [0, 0.1) is 75.0 Å². The lowest BCUT2D eigenvalue weighted by molar-refractivity contribution is 0.165. The Hall–Kier alpha value is -3.64. The van der Waals surface area contributed by atoms with Crippen molar-refractivity contribution >= 4 is 32.3 Å². The van der Waals surface area contributed by atoms with Gasteiger partial charge in [0.15, 0.2) is 0 Å². The highest BCUT2D eigenvalue weighted by molar-refractivity contribution is 6.34. The molecule has 346 valence electrons. The van der Waals surface area contributed by atoms with Gasteiger partial charge in [0, 0.05) is 0 Å². The summed E-state index contributed by atoms with van der Waals surface area (Å²) in [6.45, 7) is 10.1. The molecule has 0 radical (unpaired) electrons. The minimum Gasteiger partial charge on any atom is -0.0617 e. The summed E-state index contributed by atoms with van der Waals surface area (Å²) in [5.41, 5.74) is 29.0. The zero-order valence-corrected chi connectivity index (χ0v) is 41.8. The second-order valence-corrected chi connectivity index (χ2v) is 28.1. The number of hydrogen-bond acceptors (Lipinski definition) is 0. The quantitative estimate of drug-likeness (QED) is 0.152. The van der Waals surface area contributed by atoms with Crippen molar-refractivity contribution in [2.75, 3.05) is 0 Å². The number of aryl methyl sites for hydroxylation is 4. The predicted molar refractivity (Wildman–Crippen MR) is 282 cm³/mol. The molecule has 0 N–H and O–H groups in total. The summed E-state index contributed by atoms with van der Waals surface area (Å²) < 4.78 is 0. The molecule has 16 aliphatic rings. The molecular weight excluding hydrogens is 817 g/mol. The largest absolute Gasteiger partial charge is 0.0617 e. The normalized spacial score (nSPS) is 39.2. The van der Waals surface area contributed by atoms with E-state index >= 15 is 0 Å². The van der Waals surface area contributed by atoms with E-state index in [1.165, 1.54) is 128 Å². The van der Waals surface area contributed by atoms with E-state index in [1.807, 2.05) is 88.0 Å². The molecule has 0 nitrogen and oxygen atoms in total. The first-order valence-electron chi connectivity index (χ1n) is 29.4. The second-order valence-electron chi connectivity index (χ2n) is 28.1. The molecule has 0 amide bonds. The summed E-state index contributed by atoms with van der Waals surface area (Å²) in [7, 11) is 0. The molecular formula is C68H74. The summed E-state index contributed by atoms with van der Waals surface area (Å²) in [6, 6.07) is 14.9. The third-order valence-electron chi connectivity index (χ3n) is 24.3. The van der Waals surface area contributed by atoms with E-state index in [1.54, 1.807) is 33.4 Å². The van der Waals surface area contributed by atoms with Crippen LogP contribution in [0.5, 0.6) is 0 Å². The van der Waals surface area contributed by atoms with Gasteiger partial charge in [-0.3, -0.25) is 0 Å². The van der Waals surface area contributed by atoms with Crippen LogP contribution in [0.4, 0.5) is 0 Å². The van der Waals surface area contributed by atoms with Gasteiger partial charge in [0.05, 0.1) is 0 Å². The van der Waals surface area contributed by atoms with Crippen LogP contribution in [-0.4, -0.2) is 0 Å². The lowest BCUT2D eigenvalue weighted by Gasteiger charge is -2.39. The lowest BCUT2D eigenvalue weighted by Crippen LogP contribution is -2.26. The molecule has 8 fully saturated rings. The lowest BCUT2D eigenvalue weighted by atomic mass is 9.65. The average molecular weight is 891 g/mol. The highest BCUT2D eigenvalue weighted by Gasteiger charge is 2.54. The Morgan fingerprint density at radius 1 is 0.221 bits per heavy atom. The fourth-order valence-electron chi connectivity index (χ4n) is 23.3. The van der Waals surface area contributed by atoms with E-state index in [-0.39, 0.29) is 0 Å². The summed E-state index contributed by atoms with van der Waals surface area (Å²) >= 11 is 0. The van der Waals surface area contributed by atoms with Crippen LogP contribution in [0.15, 0.2) is 36.4 Å². The third kappa shape index (κ3) is 4.84. The summed E-state index contributed by atoms with van der Waals surface area (Å²) in [6.07, 6.45) is 29.5. The summed E-state index contributed by atoms with van der Waals surface area (Å²) in [5, 5.41) is 11.4. The van der Waals surface area contributed by atoms with Crippen LogP contribution in [0.2, 0.25) is 0 Å². The van der Waals surface area contributed by atoms with Crippen molar-refractivity contribution < 1.29 is 0 Å². The van der Waals surface area contributed by atoms with Gasteiger partial charge in [0.1, 0.15) is 0 Å². The summed E-state index contributed by atoms with van der Waals surface area (Å²) in [5.74, 6) is 13.1. The van der Waals surface area contributed by atoms with Gasteiger partial charge in [0.2, 0.25) is 0 Å². The van der Waals surface area contributed by atoms with Gasteiger partial charge in [0.25, 0.3) is 0 Å². The maximum Gasteiger partial charge on any atom is -0.00110 e. The first-order valence-corrected chi connectivity index (χ1v) is 29.4. The van der Waals surface area contributed by atoms with Crippen molar-refractivity contribution in [3.05, 3.63) is 103 Å². The van der Waals surface area contributed by atoms with Crippen molar-refractivity contribution in [2.45, 2.75) is 203 Å². The average Bonchev–Trinajstić information content (AvgIpc) is 3.76. The minimum absolute atomic E-state index is 0.713. The Morgan fingerprint density at radius 2 is 0.426 bits per heavy atom. The molecule has 0 heteroatoms. The fraction of sp³-hybridized carbons (Fsp3) is 0.588. The van der Waals surface area contributed by atoms with E-state index < -0.39 is 0 Å². The molecule has 0 spiro atoms. The van der Waals surface area contributed by atoms with Crippen LogP contribution in [0.1, 0.15) is 243 Å². The Morgan fingerprint density at radius 3 is 0.676 bits per heavy atom. The Balaban J connectivity index is 1.18. The minimum atomic E-state index is 0.713. The maximum atomic E-state index is 2.53. The van der Waals surface area contributed by atoms with Gasteiger partial charge in [-0.1, -0.05) is 36.4 Å². The Labute approximate surface area is 406 Å². The monoisotopic (exact) mass is 891 g/mol. The van der Waals surface area contributed by atoms with E-state index in [0.29, 0.717) is 23.7 Å². The predicted octanol–water partition coefficient (Wildman–Crippen LogP) is 18.7. The number of hydrogen-bond donors (Lipinski definition) is 0. The molecule has 8 saturated carbocycles. The van der Waals surface area contributed by atoms with Crippen LogP contribution in [0.25, 0.3) is 54.6 Å². The zero-order chi connectivity index (χ0) is 44.3. The van der Waals surface area contributed by atoms with E-state index in [2.05, 4.69) is 64.1 Å². The molecule has 6 aromatic rings. The Kier molecular flexibility index (Phi) is 7.61. The van der Waals surface area contributed by atoms with E-state index in [9.17, 15) is 0 Å². The second kappa shape index (κ2) is 13.3. The molecule has 16 aliphatic carbocycles. The van der Waals surface area contributed by atoms with Crippen LogP contribution in [0.3, 0.4) is 0 Å². The van der Waals surface area contributed by atoms with Crippen molar-refractivity contribution in [2.24, 2.45) is 47.3 Å². The van der Waals surface area contributed by atoms with Gasteiger partial charge in [-0.05, 0) is 372 Å². The SMILES string of the molecule is Cc1cccc(C)c1-c1c2c(c3c4c(c5c(-c6c(C)cccc6C)c6c(c7c8c(c1c3c57)C1CC3CC(C1)CC8C3)C1CC3CC(CC6C3)C1)C1CC3CC(C1)CC4C3)C1CC3CC(CC2C3)C1. The molecule has 68 heavy (non-hydrogen) atoms. The van der Waals surface area contributed by atoms with Crippen LogP contribution < -0.4 is 0 Å². The van der Waals surface area contributed by atoms with Gasteiger partial charge in [-0.15, -0.1) is 0 Å². The topological polar surface area (TPSA) is 0 Å². The molecule has 16 bridgehead atoms. The van der Waals surface area contributed by atoms with Gasteiger partial charge < -0.3 is 0 Å². The highest BCUT2D eigenvalue weighted by Crippen LogP contribution is 2.71. The molecule has 22 rings (SSSR count). The molecule has 8 unspecified atom stereocenters. The van der Waals surface area contributed by atoms with Gasteiger partial charge >= 0.3 is 0 Å². The maximum absolute atomic E-state index is 2.53. The van der Waals surface area contributed by atoms with E-state index in [4.69, 9.17) is 0 Å². The Bertz CT molecular complexity index is 2950. The summed E-state index contributed by atoms with van der Waals surface area (Å²) in [4.78, 5) is 0. The highest BCUT2D eigenvalue weighted by atomic mass is 14.6. The van der Waals surface area contributed by atoms with Crippen molar-refractivity contribution in [1.82, 2.24) is 0 Å². The fourth-order valence-corrected chi connectivity index (χ4v) is 23.3. The van der Waals surface area contributed by atoms with E-state index in [0.717, 1.165) is 71.0 Å².